The molecule has 7 N–H and O–H groups in total. The van der Waals surface area contributed by atoms with Gasteiger partial charge in [0.05, 0.1) is 6.04 Å². The Morgan fingerprint density at radius 3 is 2.41 bits per heavy atom. The minimum absolute atomic E-state index is 0.0833. The van der Waals surface area contributed by atoms with Crippen molar-refractivity contribution in [3.8, 4) is 0 Å². The summed E-state index contributed by atoms with van der Waals surface area (Å²) < 4.78 is 0. The molecule has 1 rings (SSSR count). The second-order valence-electron chi connectivity index (χ2n) is 7.60. The second-order valence-corrected chi connectivity index (χ2v) is 7.60. The largest absolute Gasteiger partial charge is 0.480 e. The molecular weight excluding hydrogens is 382 g/mol. The number of carboxylic acids is 1. The lowest BCUT2D eigenvalue weighted by atomic mass is 10.0. The maximum absolute atomic E-state index is 12.7. The average molecular weight is 413 g/mol. The van der Waals surface area contributed by atoms with Gasteiger partial charge in [0.1, 0.15) is 18.6 Å². The number of nitrogens with two attached hydrogens (primary N) is 2. The van der Waals surface area contributed by atoms with Crippen molar-refractivity contribution in [2.45, 2.75) is 64.1 Å². The molecule has 1 aliphatic heterocycles. The SMILES string of the molecule is CC(C)CC(N)C(=O)N1CCCC1C(=O)NC(CCC(N)=O)C(=O)NCC(=O)O. The van der Waals surface area contributed by atoms with Crippen LogP contribution in [-0.4, -0.2) is 70.8 Å². The van der Waals surface area contributed by atoms with E-state index in [9.17, 15) is 24.0 Å². The van der Waals surface area contributed by atoms with Gasteiger partial charge in [-0.25, -0.2) is 0 Å². The van der Waals surface area contributed by atoms with Gasteiger partial charge < -0.3 is 32.1 Å². The van der Waals surface area contributed by atoms with Gasteiger partial charge in [-0.3, -0.25) is 24.0 Å². The topological polar surface area (TPSA) is 185 Å². The lowest BCUT2D eigenvalue weighted by molar-refractivity contribution is -0.141. The fourth-order valence-corrected chi connectivity index (χ4v) is 3.23. The molecule has 0 radical (unpaired) electrons. The number of hydrogen-bond acceptors (Lipinski definition) is 6. The van der Waals surface area contributed by atoms with Gasteiger partial charge in [0.15, 0.2) is 0 Å². The van der Waals surface area contributed by atoms with Crippen molar-refractivity contribution in [2.75, 3.05) is 13.1 Å². The molecule has 1 heterocycles. The van der Waals surface area contributed by atoms with E-state index in [1.165, 1.54) is 4.90 Å². The van der Waals surface area contributed by atoms with Crippen LogP contribution in [0.5, 0.6) is 0 Å². The third-order valence-electron chi connectivity index (χ3n) is 4.61. The van der Waals surface area contributed by atoms with E-state index >= 15 is 0 Å². The summed E-state index contributed by atoms with van der Waals surface area (Å²) in [6.07, 6.45) is 1.28. The molecule has 1 aliphatic rings. The third-order valence-corrected chi connectivity index (χ3v) is 4.61. The number of hydrogen-bond donors (Lipinski definition) is 5. The number of carbonyl (C=O) groups excluding carboxylic acids is 4. The van der Waals surface area contributed by atoms with Crippen LogP contribution < -0.4 is 22.1 Å². The maximum Gasteiger partial charge on any atom is 0.322 e. The van der Waals surface area contributed by atoms with E-state index < -0.39 is 48.4 Å². The van der Waals surface area contributed by atoms with E-state index in [1.54, 1.807) is 0 Å². The second kappa shape index (κ2) is 11.3. The summed E-state index contributed by atoms with van der Waals surface area (Å²) in [5, 5.41) is 13.4. The van der Waals surface area contributed by atoms with Crippen LogP contribution in [0.15, 0.2) is 0 Å². The van der Waals surface area contributed by atoms with Crippen molar-refractivity contribution in [1.29, 1.82) is 0 Å². The normalized spacial score (nSPS) is 18.2. The van der Waals surface area contributed by atoms with E-state index in [2.05, 4.69) is 10.6 Å². The quantitative estimate of drug-likeness (QED) is 0.267. The van der Waals surface area contributed by atoms with Gasteiger partial charge in [0.2, 0.25) is 23.6 Å². The van der Waals surface area contributed by atoms with E-state index in [0.717, 1.165) is 0 Å². The van der Waals surface area contributed by atoms with Crippen molar-refractivity contribution in [3.05, 3.63) is 0 Å². The summed E-state index contributed by atoms with van der Waals surface area (Å²) in [7, 11) is 0. The number of aliphatic carboxylic acids is 1. The first-order valence-corrected chi connectivity index (χ1v) is 9.67. The molecule has 0 spiro atoms. The van der Waals surface area contributed by atoms with Crippen LogP contribution in [0.4, 0.5) is 0 Å². The Morgan fingerprint density at radius 2 is 1.86 bits per heavy atom. The molecular formula is C18H31N5O6. The minimum Gasteiger partial charge on any atom is -0.480 e. The van der Waals surface area contributed by atoms with Gasteiger partial charge in [-0.2, -0.15) is 0 Å². The smallest absolute Gasteiger partial charge is 0.322 e. The van der Waals surface area contributed by atoms with Gasteiger partial charge in [0, 0.05) is 13.0 Å². The van der Waals surface area contributed by atoms with Gasteiger partial charge in [-0.1, -0.05) is 13.8 Å². The number of carbonyl (C=O) groups is 5. The van der Waals surface area contributed by atoms with Gasteiger partial charge in [0.25, 0.3) is 0 Å². The highest BCUT2D eigenvalue weighted by Crippen LogP contribution is 2.20. The van der Waals surface area contributed by atoms with Crippen molar-refractivity contribution < 1.29 is 29.1 Å². The van der Waals surface area contributed by atoms with Crippen molar-refractivity contribution >= 4 is 29.6 Å². The number of rotatable bonds is 11. The summed E-state index contributed by atoms with van der Waals surface area (Å²) in [6, 6.07) is -2.63. The zero-order valence-corrected chi connectivity index (χ0v) is 16.8. The number of likely N-dealkylation sites (tertiary alicyclic amines) is 1. The zero-order valence-electron chi connectivity index (χ0n) is 16.8. The number of carboxylic acid groups (broad SMARTS) is 1. The van der Waals surface area contributed by atoms with Gasteiger partial charge in [-0.15, -0.1) is 0 Å². The fourth-order valence-electron chi connectivity index (χ4n) is 3.23. The molecule has 0 aromatic heterocycles. The van der Waals surface area contributed by atoms with Crippen molar-refractivity contribution in [2.24, 2.45) is 17.4 Å². The standard InChI is InChI=1S/C18H31N5O6/c1-10(2)8-11(19)18(29)23-7-3-4-13(23)17(28)22-12(5-6-14(20)24)16(27)21-9-15(25)26/h10-13H,3-9,19H2,1-2H3,(H2,20,24)(H,21,27)(H,22,28)(H,25,26). The Bertz CT molecular complexity index is 638. The van der Waals surface area contributed by atoms with Crippen LogP contribution in [0.25, 0.3) is 0 Å². The molecule has 0 aromatic rings. The van der Waals surface area contributed by atoms with Crippen LogP contribution in [0.1, 0.15) is 46.0 Å². The molecule has 11 nitrogen and oxygen atoms in total. The summed E-state index contributed by atoms with van der Waals surface area (Å²) in [4.78, 5) is 60.7. The summed E-state index contributed by atoms with van der Waals surface area (Å²) in [6.45, 7) is 3.65. The van der Waals surface area contributed by atoms with E-state index in [1.807, 2.05) is 13.8 Å². The monoisotopic (exact) mass is 413 g/mol. The van der Waals surface area contributed by atoms with Gasteiger partial charge in [-0.05, 0) is 31.6 Å². The van der Waals surface area contributed by atoms with Crippen molar-refractivity contribution in [3.63, 3.8) is 0 Å². The lowest BCUT2D eigenvalue weighted by Gasteiger charge is -2.28. The van der Waals surface area contributed by atoms with E-state index in [0.29, 0.717) is 25.8 Å². The summed E-state index contributed by atoms with van der Waals surface area (Å²) in [5.41, 5.74) is 11.1. The summed E-state index contributed by atoms with van der Waals surface area (Å²) >= 11 is 0. The van der Waals surface area contributed by atoms with E-state index in [4.69, 9.17) is 16.6 Å². The molecule has 0 bridgehead atoms. The third kappa shape index (κ3) is 8.06. The molecule has 164 valence electrons. The fraction of sp³-hybridized carbons (Fsp3) is 0.722. The Labute approximate surface area is 169 Å². The molecule has 3 unspecified atom stereocenters. The molecule has 11 heteroatoms. The first-order chi connectivity index (χ1) is 13.5. The molecule has 4 amide bonds. The van der Waals surface area contributed by atoms with Crippen LogP contribution in [-0.2, 0) is 24.0 Å². The Morgan fingerprint density at radius 1 is 1.21 bits per heavy atom. The van der Waals surface area contributed by atoms with Crippen molar-refractivity contribution in [1.82, 2.24) is 15.5 Å². The number of amides is 4. The predicted octanol–water partition coefficient (Wildman–Crippen LogP) is -1.70. The van der Waals surface area contributed by atoms with Gasteiger partial charge >= 0.3 is 5.97 Å². The Kier molecular flexibility index (Phi) is 9.53. The Balaban J connectivity index is 2.82. The lowest BCUT2D eigenvalue weighted by Crippen LogP contribution is -2.55. The summed E-state index contributed by atoms with van der Waals surface area (Å²) in [5.74, 6) is -3.29. The highest BCUT2D eigenvalue weighted by atomic mass is 16.4. The minimum atomic E-state index is -1.25. The molecule has 1 saturated heterocycles. The number of nitrogens with one attached hydrogen (secondary N) is 2. The molecule has 0 aromatic carbocycles. The molecule has 0 saturated carbocycles. The molecule has 0 aliphatic carbocycles. The number of primary amides is 1. The zero-order chi connectivity index (χ0) is 22.1. The predicted molar refractivity (Wildman–Crippen MR) is 103 cm³/mol. The van der Waals surface area contributed by atoms with Crippen LogP contribution in [0.3, 0.4) is 0 Å². The van der Waals surface area contributed by atoms with E-state index in [-0.39, 0.29) is 24.7 Å². The number of nitrogens with zero attached hydrogens (tertiary/aromatic N) is 1. The maximum atomic E-state index is 12.7. The molecule has 29 heavy (non-hydrogen) atoms. The highest BCUT2D eigenvalue weighted by molar-refractivity contribution is 5.94. The average Bonchev–Trinajstić information content (AvgIpc) is 3.11. The highest BCUT2D eigenvalue weighted by Gasteiger charge is 2.37. The molecule has 1 fully saturated rings. The molecule has 3 atom stereocenters. The van der Waals surface area contributed by atoms with Crippen LogP contribution in [0.2, 0.25) is 0 Å². The first kappa shape index (κ1) is 24.3. The Hall–Kier alpha value is -2.69. The van der Waals surface area contributed by atoms with Crippen LogP contribution in [0, 0.1) is 5.92 Å². The first-order valence-electron chi connectivity index (χ1n) is 9.67. The van der Waals surface area contributed by atoms with Crippen LogP contribution >= 0.6 is 0 Å².